The molecule has 1 aliphatic rings. The van der Waals surface area contributed by atoms with Gasteiger partial charge in [-0.15, -0.1) is 0 Å². The Kier molecular flexibility index (Phi) is 2.43. The van der Waals surface area contributed by atoms with Gasteiger partial charge in [0.05, 0.1) is 5.69 Å². The van der Waals surface area contributed by atoms with Gasteiger partial charge in [-0.3, -0.25) is 10.3 Å². The van der Waals surface area contributed by atoms with Gasteiger partial charge in [-0.05, 0) is 17.7 Å². The monoisotopic (exact) mass is 203 g/mol. The molecule has 1 aromatic rings. The number of hydrogen-bond donors (Lipinski definition) is 2. The number of ether oxygens (including phenoxy) is 1. The zero-order valence-corrected chi connectivity index (χ0v) is 8.36. The van der Waals surface area contributed by atoms with E-state index in [1.54, 1.807) is 11.1 Å². The zero-order chi connectivity index (χ0) is 10.8. The molecule has 15 heavy (non-hydrogen) atoms. The van der Waals surface area contributed by atoms with Crippen LogP contribution in [0.1, 0.15) is 5.56 Å². The molecule has 4 nitrogen and oxygen atoms in total. The van der Waals surface area contributed by atoms with Crippen LogP contribution in [0.2, 0.25) is 0 Å². The van der Waals surface area contributed by atoms with Gasteiger partial charge in [-0.1, -0.05) is 12.6 Å². The normalized spacial score (nSPS) is 14.5. The summed E-state index contributed by atoms with van der Waals surface area (Å²) in [7, 11) is 0. The van der Waals surface area contributed by atoms with Gasteiger partial charge in [-0.25, -0.2) is 0 Å². The lowest BCUT2D eigenvalue weighted by Gasteiger charge is -2.28. The number of benzene rings is 1. The Hall–Kier alpha value is -1.81. The highest BCUT2D eigenvalue weighted by Gasteiger charge is 2.20. The molecule has 0 saturated heterocycles. The molecular formula is C11H13N3O. The molecular weight excluding hydrogens is 190 g/mol. The molecule has 3 N–H and O–H groups in total. The molecule has 4 heteroatoms. The highest BCUT2D eigenvalue weighted by atomic mass is 16.5. The fraction of sp³-hybridized carbons (Fsp3) is 0.182. The first kappa shape index (κ1) is 9.73. The fourth-order valence-electron chi connectivity index (χ4n) is 1.57. The molecule has 1 aromatic carbocycles. The van der Waals surface area contributed by atoms with Gasteiger partial charge in [0.25, 0.3) is 0 Å². The minimum absolute atomic E-state index is 0.279. The third-order valence-electron chi connectivity index (χ3n) is 2.36. The lowest BCUT2D eigenvalue weighted by molar-refractivity contribution is 0.367. The second kappa shape index (κ2) is 3.74. The van der Waals surface area contributed by atoms with Crippen molar-refractivity contribution in [2.45, 2.75) is 6.54 Å². The standard InChI is InChI=1S/C11H13N3O/c1-2-14-9-5-8(6-12)3-4-10(9)15-7-11(14)13/h2-5,13H,1,6-7,12H2. The van der Waals surface area contributed by atoms with Crippen molar-refractivity contribution in [1.29, 1.82) is 5.41 Å². The molecule has 0 radical (unpaired) electrons. The maximum absolute atomic E-state index is 7.70. The molecule has 1 aliphatic heterocycles. The minimum atomic E-state index is 0.279. The molecule has 2 rings (SSSR count). The van der Waals surface area contributed by atoms with Crippen molar-refractivity contribution in [3.63, 3.8) is 0 Å². The van der Waals surface area contributed by atoms with E-state index in [2.05, 4.69) is 6.58 Å². The van der Waals surface area contributed by atoms with Gasteiger partial charge >= 0.3 is 0 Å². The lowest BCUT2D eigenvalue weighted by Crippen LogP contribution is -2.34. The highest BCUT2D eigenvalue weighted by molar-refractivity contribution is 6.01. The van der Waals surface area contributed by atoms with Crippen LogP contribution < -0.4 is 15.4 Å². The van der Waals surface area contributed by atoms with Gasteiger partial charge in [-0.2, -0.15) is 0 Å². The van der Waals surface area contributed by atoms with Crippen LogP contribution in [0, 0.1) is 5.41 Å². The van der Waals surface area contributed by atoms with E-state index in [9.17, 15) is 0 Å². The molecule has 0 atom stereocenters. The van der Waals surface area contributed by atoms with Gasteiger partial charge < -0.3 is 10.5 Å². The number of amidine groups is 1. The largest absolute Gasteiger partial charge is 0.483 e. The number of nitrogens with one attached hydrogen (secondary N) is 1. The molecule has 78 valence electrons. The number of anilines is 1. The maximum Gasteiger partial charge on any atom is 0.146 e. The Morgan fingerprint density at radius 3 is 3.07 bits per heavy atom. The minimum Gasteiger partial charge on any atom is -0.483 e. The average molecular weight is 203 g/mol. The average Bonchev–Trinajstić information content (AvgIpc) is 2.28. The van der Waals surface area contributed by atoms with Crippen LogP contribution in [0.25, 0.3) is 0 Å². The van der Waals surface area contributed by atoms with Crippen LogP contribution >= 0.6 is 0 Å². The predicted octanol–water partition coefficient (Wildman–Crippen LogP) is 1.46. The van der Waals surface area contributed by atoms with Crippen molar-refractivity contribution in [2.75, 3.05) is 11.5 Å². The van der Waals surface area contributed by atoms with Gasteiger partial charge in [0, 0.05) is 12.7 Å². The van der Waals surface area contributed by atoms with Gasteiger partial charge in [0.1, 0.15) is 18.2 Å². The summed E-state index contributed by atoms with van der Waals surface area (Å²) in [5.74, 6) is 1.15. The molecule has 0 aromatic heterocycles. The van der Waals surface area contributed by atoms with E-state index < -0.39 is 0 Å². The third-order valence-corrected chi connectivity index (χ3v) is 2.36. The molecule has 0 aliphatic carbocycles. The summed E-state index contributed by atoms with van der Waals surface area (Å²) in [6, 6.07) is 5.72. The van der Waals surface area contributed by atoms with Crippen LogP contribution in [0.3, 0.4) is 0 Å². The predicted molar refractivity (Wildman–Crippen MR) is 60.2 cm³/mol. The van der Waals surface area contributed by atoms with Crippen molar-refractivity contribution in [1.82, 2.24) is 0 Å². The highest BCUT2D eigenvalue weighted by Crippen LogP contribution is 2.32. The number of rotatable bonds is 2. The quantitative estimate of drug-likeness (QED) is 0.765. The van der Waals surface area contributed by atoms with Gasteiger partial charge in [0.15, 0.2) is 0 Å². The Balaban J connectivity index is 2.49. The summed E-state index contributed by atoms with van der Waals surface area (Å²) in [5, 5.41) is 7.70. The number of nitrogens with zero attached hydrogens (tertiary/aromatic N) is 1. The molecule has 0 amide bonds. The van der Waals surface area contributed by atoms with Gasteiger partial charge in [0.2, 0.25) is 0 Å². The van der Waals surface area contributed by atoms with Crippen molar-refractivity contribution >= 4 is 11.5 Å². The van der Waals surface area contributed by atoms with Crippen LogP contribution in [-0.2, 0) is 6.54 Å². The van der Waals surface area contributed by atoms with E-state index in [1.807, 2.05) is 18.2 Å². The second-order valence-corrected chi connectivity index (χ2v) is 3.29. The van der Waals surface area contributed by atoms with E-state index in [0.29, 0.717) is 12.4 Å². The molecule has 1 heterocycles. The summed E-state index contributed by atoms with van der Waals surface area (Å²) >= 11 is 0. The number of hydrogen-bond acceptors (Lipinski definition) is 3. The van der Waals surface area contributed by atoms with E-state index in [-0.39, 0.29) is 6.61 Å². The van der Waals surface area contributed by atoms with E-state index in [1.165, 1.54) is 0 Å². The molecule has 0 bridgehead atoms. The van der Waals surface area contributed by atoms with Crippen molar-refractivity contribution in [3.05, 3.63) is 36.5 Å². The first-order chi connectivity index (χ1) is 7.26. The zero-order valence-electron chi connectivity index (χ0n) is 8.36. The molecule has 0 unspecified atom stereocenters. The first-order valence-electron chi connectivity index (χ1n) is 4.71. The number of fused-ring (bicyclic) bond motifs is 1. The molecule has 0 fully saturated rings. The lowest BCUT2D eigenvalue weighted by atomic mass is 10.1. The topological polar surface area (TPSA) is 62.3 Å². The van der Waals surface area contributed by atoms with Crippen LogP contribution in [0.15, 0.2) is 31.0 Å². The van der Waals surface area contributed by atoms with Crippen LogP contribution in [0.4, 0.5) is 5.69 Å². The summed E-state index contributed by atoms with van der Waals surface area (Å²) in [4.78, 5) is 1.71. The summed E-state index contributed by atoms with van der Waals surface area (Å²) < 4.78 is 5.41. The van der Waals surface area contributed by atoms with E-state index in [4.69, 9.17) is 15.9 Å². The van der Waals surface area contributed by atoms with Crippen LogP contribution in [0.5, 0.6) is 5.75 Å². The Labute approximate surface area is 88.5 Å². The van der Waals surface area contributed by atoms with Crippen LogP contribution in [-0.4, -0.2) is 12.4 Å². The van der Waals surface area contributed by atoms with E-state index in [0.717, 1.165) is 17.0 Å². The number of nitrogens with two attached hydrogens (primary N) is 1. The SMILES string of the molecule is C=CN1C(=N)COc2ccc(CN)cc21. The van der Waals surface area contributed by atoms with Crippen molar-refractivity contribution in [2.24, 2.45) is 5.73 Å². The fourth-order valence-corrected chi connectivity index (χ4v) is 1.57. The molecule has 0 spiro atoms. The second-order valence-electron chi connectivity index (χ2n) is 3.29. The Bertz CT molecular complexity index is 414. The summed E-state index contributed by atoms with van der Waals surface area (Å²) in [5.41, 5.74) is 7.42. The van der Waals surface area contributed by atoms with Crippen molar-refractivity contribution < 1.29 is 4.74 Å². The maximum atomic E-state index is 7.70. The Morgan fingerprint density at radius 1 is 1.60 bits per heavy atom. The molecule has 0 saturated carbocycles. The third kappa shape index (κ3) is 1.59. The van der Waals surface area contributed by atoms with E-state index >= 15 is 0 Å². The van der Waals surface area contributed by atoms with Crippen molar-refractivity contribution in [3.8, 4) is 5.75 Å². The summed E-state index contributed by atoms with van der Waals surface area (Å²) in [6.07, 6.45) is 1.62. The first-order valence-corrected chi connectivity index (χ1v) is 4.71. The Morgan fingerprint density at radius 2 is 2.40 bits per heavy atom. The summed E-state index contributed by atoms with van der Waals surface area (Å²) in [6.45, 7) is 4.44. The smallest absolute Gasteiger partial charge is 0.146 e.